The molecule has 0 saturated carbocycles. The van der Waals surface area contributed by atoms with Crippen molar-refractivity contribution in [3.05, 3.63) is 177 Å². The molecular formula is C43H32N2O2. The number of fused-ring (bicyclic) bond motifs is 3. The summed E-state index contributed by atoms with van der Waals surface area (Å²) in [6.07, 6.45) is 0. The minimum Gasteiger partial charge on any atom is -0.506 e. The second kappa shape index (κ2) is 11.5. The van der Waals surface area contributed by atoms with Crippen LogP contribution in [0.4, 0.5) is 11.4 Å². The van der Waals surface area contributed by atoms with Gasteiger partial charge in [0, 0.05) is 22.3 Å². The van der Waals surface area contributed by atoms with Gasteiger partial charge in [-0.15, -0.1) is 0 Å². The molecule has 1 aliphatic rings. The molecule has 1 aliphatic carbocycles. The zero-order chi connectivity index (χ0) is 32.7. The maximum atomic E-state index is 10.7. The summed E-state index contributed by atoms with van der Waals surface area (Å²) in [5.41, 5.74) is 23.3. The molecule has 0 aromatic heterocycles. The van der Waals surface area contributed by atoms with E-state index < -0.39 is 5.41 Å². The first-order valence-corrected chi connectivity index (χ1v) is 15.4. The smallest absolute Gasteiger partial charge is 0.141 e. The highest BCUT2D eigenvalue weighted by molar-refractivity contribution is 5.89. The van der Waals surface area contributed by atoms with E-state index in [-0.39, 0.29) is 22.9 Å². The molecule has 0 bridgehead atoms. The summed E-state index contributed by atoms with van der Waals surface area (Å²) in [5, 5.41) is 21.4. The topological polar surface area (TPSA) is 92.5 Å². The molecule has 0 amide bonds. The van der Waals surface area contributed by atoms with E-state index in [1.165, 1.54) is 0 Å². The van der Waals surface area contributed by atoms with Gasteiger partial charge in [0.2, 0.25) is 0 Å². The Morgan fingerprint density at radius 2 is 0.851 bits per heavy atom. The molecule has 0 radical (unpaired) electrons. The molecule has 0 aliphatic heterocycles. The molecule has 6 aromatic rings. The molecule has 0 unspecified atom stereocenters. The monoisotopic (exact) mass is 608 g/mol. The van der Waals surface area contributed by atoms with Crippen molar-refractivity contribution in [2.75, 3.05) is 11.5 Å². The van der Waals surface area contributed by atoms with Gasteiger partial charge in [0.05, 0.1) is 16.8 Å². The highest BCUT2D eigenvalue weighted by Crippen LogP contribution is 2.58. The number of hydrogen-bond donors (Lipinski definition) is 4. The number of aryl methyl sites for hydroxylation is 2. The number of nitrogens with two attached hydrogens (primary N) is 2. The third-order valence-electron chi connectivity index (χ3n) is 8.91. The Morgan fingerprint density at radius 3 is 1.23 bits per heavy atom. The van der Waals surface area contributed by atoms with E-state index >= 15 is 0 Å². The standard InChI is InChI=1S/C43H32N2O2/c1-27-21-33(25-39(44)41(27)46)43(34-22-28(2)42(47)40(45)26-34)37-19-17-31(15-13-29-9-5-3-6-10-29)23-35(37)36-24-32(18-20-38(36)43)16-14-30-11-7-4-8-12-30/h3-12,17-26,46-47H,44-45H2,1-2H3. The fourth-order valence-electron chi connectivity index (χ4n) is 6.66. The fraction of sp³-hybridized carbons (Fsp3) is 0.0698. The zero-order valence-corrected chi connectivity index (χ0v) is 26.1. The van der Waals surface area contributed by atoms with Crippen molar-refractivity contribution in [2.24, 2.45) is 0 Å². The molecule has 226 valence electrons. The Morgan fingerprint density at radius 1 is 0.468 bits per heavy atom. The van der Waals surface area contributed by atoms with Crippen molar-refractivity contribution < 1.29 is 10.2 Å². The van der Waals surface area contributed by atoms with E-state index in [2.05, 4.69) is 47.9 Å². The molecule has 0 atom stereocenters. The summed E-state index contributed by atoms with van der Waals surface area (Å²) < 4.78 is 0. The fourth-order valence-corrected chi connectivity index (χ4v) is 6.66. The maximum absolute atomic E-state index is 10.7. The highest BCUT2D eigenvalue weighted by atomic mass is 16.3. The van der Waals surface area contributed by atoms with Crippen LogP contribution in [-0.2, 0) is 5.41 Å². The minimum atomic E-state index is -0.874. The first kappa shape index (κ1) is 29.4. The first-order chi connectivity index (χ1) is 22.8. The van der Waals surface area contributed by atoms with E-state index in [0.717, 1.165) is 55.6 Å². The second-order valence-electron chi connectivity index (χ2n) is 12.0. The lowest BCUT2D eigenvalue weighted by Crippen LogP contribution is -2.29. The Hall–Kier alpha value is -6.36. The van der Waals surface area contributed by atoms with Crippen LogP contribution >= 0.6 is 0 Å². The number of phenolic OH excluding ortho intramolecular Hbond substituents is 2. The lowest BCUT2D eigenvalue weighted by molar-refractivity contribution is 0.473. The molecule has 0 fully saturated rings. The van der Waals surface area contributed by atoms with Crippen LogP contribution in [0.2, 0.25) is 0 Å². The number of nitrogen functional groups attached to an aromatic ring is 2. The Balaban J connectivity index is 1.54. The summed E-state index contributed by atoms with van der Waals surface area (Å²) in [7, 11) is 0. The average molecular weight is 609 g/mol. The van der Waals surface area contributed by atoms with E-state index in [1.54, 1.807) is 0 Å². The predicted molar refractivity (Wildman–Crippen MR) is 190 cm³/mol. The van der Waals surface area contributed by atoms with Gasteiger partial charge in [-0.2, -0.15) is 0 Å². The Kier molecular flexibility index (Phi) is 7.20. The molecule has 6 aromatic carbocycles. The average Bonchev–Trinajstić information content (AvgIpc) is 3.38. The van der Waals surface area contributed by atoms with Gasteiger partial charge in [0.15, 0.2) is 0 Å². The van der Waals surface area contributed by atoms with E-state index in [9.17, 15) is 10.2 Å². The van der Waals surface area contributed by atoms with Crippen molar-refractivity contribution in [1.82, 2.24) is 0 Å². The SMILES string of the molecule is Cc1cc(C2(c3cc(C)c(O)c(N)c3)c3ccc(C#Cc4ccccc4)cc3-c3cc(C#Cc4ccccc4)ccc32)cc(N)c1O. The molecule has 4 nitrogen and oxygen atoms in total. The Labute approximate surface area is 275 Å². The summed E-state index contributed by atoms with van der Waals surface area (Å²) in [5.74, 6) is 13.4. The molecular weight excluding hydrogens is 576 g/mol. The third kappa shape index (κ3) is 5.03. The second-order valence-corrected chi connectivity index (χ2v) is 12.0. The number of aromatic hydroxyl groups is 2. The van der Waals surface area contributed by atoms with Crippen molar-refractivity contribution in [2.45, 2.75) is 19.3 Å². The quantitative estimate of drug-likeness (QED) is 0.0908. The number of hydrogen-bond acceptors (Lipinski definition) is 4. The molecule has 4 heteroatoms. The Bertz CT molecular complexity index is 2110. The van der Waals surface area contributed by atoms with Gasteiger partial charge in [0.1, 0.15) is 11.5 Å². The van der Waals surface area contributed by atoms with Crippen LogP contribution in [0.5, 0.6) is 11.5 Å². The van der Waals surface area contributed by atoms with Crippen LogP contribution in [0.25, 0.3) is 11.1 Å². The zero-order valence-electron chi connectivity index (χ0n) is 26.1. The van der Waals surface area contributed by atoms with Crippen molar-refractivity contribution in [1.29, 1.82) is 0 Å². The predicted octanol–water partition coefficient (Wildman–Crippen LogP) is 8.04. The lowest BCUT2D eigenvalue weighted by Gasteiger charge is -2.35. The van der Waals surface area contributed by atoms with E-state index in [0.29, 0.717) is 11.1 Å². The van der Waals surface area contributed by atoms with Gasteiger partial charge in [-0.25, -0.2) is 0 Å². The maximum Gasteiger partial charge on any atom is 0.141 e. The van der Waals surface area contributed by atoms with Gasteiger partial charge in [-0.05, 0) is 119 Å². The number of rotatable bonds is 2. The van der Waals surface area contributed by atoms with Gasteiger partial charge < -0.3 is 21.7 Å². The largest absolute Gasteiger partial charge is 0.506 e. The van der Waals surface area contributed by atoms with E-state index in [4.69, 9.17) is 11.5 Å². The van der Waals surface area contributed by atoms with Crippen molar-refractivity contribution >= 4 is 11.4 Å². The molecule has 47 heavy (non-hydrogen) atoms. The highest BCUT2D eigenvalue weighted by Gasteiger charge is 2.47. The van der Waals surface area contributed by atoms with Crippen molar-refractivity contribution in [3.63, 3.8) is 0 Å². The summed E-state index contributed by atoms with van der Waals surface area (Å²) in [4.78, 5) is 0. The molecule has 0 saturated heterocycles. The van der Waals surface area contributed by atoms with Gasteiger partial charge in [-0.3, -0.25) is 0 Å². The third-order valence-corrected chi connectivity index (χ3v) is 8.91. The minimum absolute atomic E-state index is 0.0572. The number of phenols is 2. The molecule has 6 N–H and O–H groups in total. The van der Waals surface area contributed by atoms with Crippen LogP contribution in [0, 0.1) is 37.5 Å². The number of benzene rings is 6. The van der Waals surface area contributed by atoms with Gasteiger partial charge in [-0.1, -0.05) is 84.3 Å². The van der Waals surface area contributed by atoms with Crippen LogP contribution in [0.1, 0.15) is 55.6 Å². The van der Waals surface area contributed by atoms with Crippen molar-refractivity contribution in [3.8, 4) is 46.3 Å². The number of anilines is 2. The van der Waals surface area contributed by atoms with Crippen LogP contribution in [0.3, 0.4) is 0 Å². The molecule has 0 heterocycles. The lowest BCUT2D eigenvalue weighted by atomic mass is 9.67. The van der Waals surface area contributed by atoms with Crippen LogP contribution in [0.15, 0.2) is 121 Å². The van der Waals surface area contributed by atoms with Gasteiger partial charge in [0.25, 0.3) is 0 Å². The summed E-state index contributed by atoms with van der Waals surface area (Å²) in [6.45, 7) is 3.70. The molecule has 7 rings (SSSR count). The normalized spacial score (nSPS) is 12.2. The summed E-state index contributed by atoms with van der Waals surface area (Å²) in [6, 6.07) is 40.1. The summed E-state index contributed by atoms with van der Waals surface area (Å²) >= 11 is 0. The first-order valence-electron chi connectivity index (χ1n) is 15.4. The molecule has 0 spiro atoms. The van der Waals surface area contributed by atoms with Crippen LogP contribution < -0.4 is 11.5 Å². The van der Waals surface area contributed by atoms with E-state index in [1.807, 2.05) is 111 Å². The van der Waals surface area contributed by atoms with Crippen LogP contribution in [-0.4, -0.2) is 10.2 Å². The van der Waals surface area contributed by atoms with Gasteiger partial charge >= 0.3 is 0 Å².